The van der Waals surface area contributed by atoms with E-state index in [0.29, 0.717) is 48.6 Å². The summed E-state index contributed by atoms with van der Waals surface area (Å²) < 4.78 is 5.66. The van der Waals surface area contributed by atoms with Crippen LogP contribution in [0.2, 0.25) is 5.82 Å². The van der Waals surface area contributed by atoms with Crippen molar-refractivity contribution in [3.05, 3.63) is 29.3 Å². The van der Waals surface area contributed by atoms with Gasteiger partial charge in [-0.3, -0.25) is 9.59 Å². The number of carbonyl (C=O) groups is 2. The molecule has 3 N–H and O–H groups in total. The van der Waals surface area contributed by atoms with E-state index in [0.717, 1.165) is 44.3 Å². The summed E-state index contributed by atoms with van der Waals surface area (Å²) in [6, 6.07) is 6.68. The highest BCUT2D eigenvalue weighted by molar-refractivity contribution is 6.47. The maximum Gasteiger partial charge on any atom is 0.526 e. The number of rotatable bonds is 7. The van der Waals surface area contributed by atoms with E-state index in [9.17, 15) is 14.6 Å². The van der Waals surface area contributed by atoms with E-state index in [2.05, 4.69) is 10.6 Å². The lowest BCUT2D eigenvalue weighted by atomic mass is 9.64. The maximum atomic E-state index is 12.7. The van der Waals surface area contributed by atoms with Gasteiger partial charge in [0.15, 0.2) is 5.78 Å². The van der Waals surface area contributed by atoms with Crippen molar-refractivity contribution in [2.75, 3.05) is 13.1 Å². The Balaban J connectivity index is 1.27. The topological polar surface area (TPSA) is 87.7 Å². The summed E-state index contributed by atoms with van der Waals surface area (Å²) >= 11 is 0. The largest absolute Gasteiger partial charge is 0.535 e. The van der Waals surface area contributed by atoms with E-state index in [-0.39, 0.29) is 17.4 Å². The Kier molecular flexibility index (Phi) is 6.37. The van der Waals surface area contributed by atoms with Crippen LogP contribution in [0.25, 0.3) is 0 Å². The fourth-order valence-electron chi connectivity index (χ4n) is 4.91. The lowest BCUT2D eigenvalue weighted by Gasteiger charge is -2.36. The third kappa shape index (κ3) is 4.90. The third-order valence-corrected chi connectivity index (χ3v) is 6.71. The van der Waals surface area contributed by atoms with Gasteiger partial charge in [0.1, 0.15) is 11.5 Å². The van der Waals surface area contributed by atoms with Crippen molar-refractivity contribution in [2.45, 2.75) is 69.8 Å². The lowest BCUT2D eigenvalue weighted by Crippen LogP contribution is -2.58. The summed E-state index contributed by atoms with van der Waals surface area (Å²) in [5.41, 5.74) is 1.40. The standard InChI is InChI=1S/C22H31BN2O4/c1-14(26)21-4-2-3-16-10-17(23(28)29-22(16)21)11-20(27)9-15-5-7-18(8-6-15)25-19-12-24-13-19/h2-4,15,17-19,24-25,28H,5-13H2,1H3/t15?,17-,18?/m1/s1. The van der Waals surface area contributed by atoms with Gasteiger partial charge < -0.3 is 20.3 Å². The predicted molar refractivity (Wildman–Crippen MR) is 112 cm³/mol. The molecule has 2 fully saturated rings. The highest BCUT2D eigenvalue weighted by atomic mass is 16.5. The fourth-order valence-corrected chi connectivity index (χ4v) is 4.91. The molecule has 0 aromatic heterocycles. The molecular weight excluding hydrogens is 367 g/mol. The summed E-state index contributed by atoms with van der Waals surface area (Å²) in [5.74, 6) is 0.814. The Bertz CT molecular complexity index is 759. The Morgan fingerprint density at radius 2 is 1.93 bits per heavy atom. The average molecular weight is 398 g/mol. The van der Waals surface area contributed by atoms with Gasteiger partial charge >= 0.3 is 7.12 Å². The third-order valence-electron chi connectivity index (χ3n) is 6.71. The molecule has 0 amide bonds. The van der Waals surface area contributed by atoms with E-state index in [4.69, 9.17) is 4.65 Å². The molecule has 4 rings (SSSR count). The second kappa shape index (κ2) is 8.98. The van der Waals surface area contributed by atoms with Crippen LogP contribution >= 0.6 is 0 Å². The highest BCUT2D eigenvalue weighted by Crippen LogP contribution is 2.37. The Morgan fingerprint density at radius 1 is 1.17 bits per heavy atom. The van der Waals surface area contributed by atoms with E-state index in [1.165, 1.54) is 6.92 Å². The summed E-state index contributed by atoms with van der Waals surface area (Å²) in [5, 5.41) is 17.4. The van der Waals surface area contributed by atoms with E-state index in [1.807, 2.05) is 12.1 Å². The van der Waals surface area contributed by atoms with Crippen LogP contribution in [0.4, 0.5) is 0 Å². The number of hydrogen-bond donors (Lipinski definition) is 3. The zero-order valence-corrected chi connectivity index (χ0v) is 17.2. The van der Waals surface area contributed by atoms with Crippen molar-refractivity contribution in [2.24, 2.45) is 5.92 Å². The van der Waals surface area contributed by atoms with Gasteiger partial charge in [0.2, 0.25) is 0 Å². The number of fused-ring (bicyclic) bond motifs is 1. The van der Waals surface area contributed by atoms with Gasteiger partial charge in [0.25, 0.3) is 0 Å². The minimum Gasteiger partial charge on any atom is -0.535 e. The van der Waals surface area contributed by atoms with E-state index < -0.39 is 7.12 Å². The van der Waals surface area contributed by atoms with Crippen molar-refractivity contribution in [3.63, 3.8) is 0 Å². The predicted octanol–water partition coefficient (Wildman–Crippen LogP) is 2.14. The zero-order chi connectivity index (χ0) is 20.4. The summed E-state index contributed by atoms with van der Waals surface area (Å²) in [6.07, 6.45) is 5.97. The molecule has 1 atom stereocenters. The SMILES string of the molecule is CC(=O)c1cccc2c1OB(O)[C@@H](CC(=O)CC1CCC(NC3CNC3)CC1)C2. The van der Waals surface area contributed by atoms with Crippen LogP contribution in [0.1, 0.15) is 61.4 Å². The Morgan fingerprint density at radius 3 is 2.59 bits per heavy atom. The van der Waals surface area contributed by atoms with Gasteiger partial charge in [-0.05, 0) is 56.6 Å². The van der Waals surface area contributed by atoms with Crippen molar-refractivity contribution < 1.29 is 19.3 Å². The van der Waals surface area contributed by atoms with Crippen LogP contribution in [0, 0.1) is 5.92 Å². The number of nitrogens with one attached hydrogen (secondary N) is 2. The second-order valence-corrected chi connectivity index (χ2v) is 9.01. The van der Waals surface area contributed by atoms with Gasteiger partial charge in [0.05, 0.1) is 5.56 Å². The number of hydrogen-bond acceptors (Lipinski definition) is 6. The first kappa shape index (κ1) is 20.6. The Labute approximate surface area is 172 Å². The molecule has 6 nitrogen and oxygen atoms in total. The van der Waals surface area contributed by atoms with Crippen LogP contribution in [0.5, 0.6) is 5.75 Å². The molecule has 3 aliphatic rings. The zero-order valence-electron chi connectivity index (χ0n) is 17.2. The number of carbonyl (C=O) groups excluding carboxylic acids is 2. The molecule has 0 radical (unpaired) electrons. The summed E-state index contributed by atoms with van der Waals surface area (Å²) in [7, 11) is -1.04. The average Bonchev–Trinajstić information content (AvgIpc) is 2.66. The molecule has 1 aromatic carbocycles. The Hall–Kier alpha value is -1.70. The number of Topliss-reactive ketones (excluding diaryl/α,β-unsaturated/α-hetero) is 2. The molecule has 2 heterocycles. The molecule has 0 bridgehead atoms. The monoisotopic (exact) mass is 398 g/mol. The van der Waals surface area contributed by atoms with Gasteiger partial charge in [-0.2, -0.15) is 0 Å². The van der Waals surface area contributed by atoms with Crippen molar-refractivity contribution in [1.82, 2.24) is 10.6 Å². The second-order valence-electron chi connectivity index (χ2n) is 9.01. The van der Waals surface area contributed by atoms with Gasteiger partial charge in [-0.25, -0.2) is 0 Å². The number of para-hydroxylation sites is 1. The van der Waals surface area contributed by atoms with Crippen molar-refractivity contribution >= 4 is 18.7 Å². The van der Waals surface area contributed by atoms with Gasteiger partial charge in [-0.1, -0.05) is 12.1 Å². The number of ketones is 2. The lowest BCUT2D eigenvalue weighted by molar-refractivity contribution is -0.120. The fraction of sp³-hybridized carbons (Fsp3) is 0.636. The van der Waals surface area contributed by atoms with Crippen LogP contribution in [0.3, 0.4) is 0 Å². The minimum atomic E-state index is -1.04. The van der Waals surface area contributed by atoms with Gasteiger partial charge in [-0.15, -0.1) is 0 Å². The first-order chi connectivity index (χ1) is 14.0. The summed E-state index contributed by atoms with van der Waals surface area (Å²) in [4.78, 5) is 24.5. The molecule has 1 aliphatic carbocycles. The molecule has 1 saturated carbocycles. The molecule has 0 unspecified atom stereocenters. The van der Waals surface area contributed by atoms with Crippen molar-refractivity contribution in [1.29, 1.82) is 0 Å². The normalized spacial score (nSPS) is 27.0. The van der Waals surface area contributed by atoms with Crippen molar-refractivity contribution in [3.8, 4) is 5.75 Å². The van der Waals surface area contributed by atoms with Crippen LogP contribution in [-0.4, -0.2) is 48.9 Å². The summed E-state index contributed by atoms with van der Waals surface area (Å²) in [6.45, 7) is 3.64. The molecular formula is C22H31BN2O4. The van der Waals surface area contributed by atoms with Gasteiger partial charge in [0, 0.05) is 43.8 Å². The number of benzene rings is 1. The molecule has 7 heteroatoms. The first-order valence-corrected chi connectivity index (χ1v) is 11.0. The highest BCUT2D eigenvalue weighted by Gasteiger charge is 2.37. The first-order valence-electron chi connectivity index (χ1n) is 11.0. The molecule has 29 heavy (non-hydrogen) atoms. The smallest absolute Gasteiger partial charge is 0.526 e. The molecule has 156 valence electrons. The molecule has 1 aromatic rings. The maximum absolute atomic E-state index is 12.7. The molecule has 0 spiro atoms. The van der Waals surface area contributed by atoms with Crippen LogP contribution in [0.15, 0.2) is 18.2 Å². The van der Waals surface area contributed by atoms with E-state index in [1.54, 1.807) is 6.07 Å². The molecule has 1 saturated heterocycles. The van der Waals surface area contributed by atoms with Crippen LogP contribution in [-0.2, 0) is 11.2 Å². The molecule has 2 aliphatic heterocycles. The van der Waals surface area contributed by atoms with E-state index >= 15 is 0 Å². The minimum absolute atomic E-state index is 0.0813. The van der Waals surface area contributed by atoms with Crippen LogP contribution < -0.4 is 15.3 Å². The quantitative estimate of drug-likeness (QED) is 0.482.